The molecule has 2 rings (SSSR count). The van der Waals surface area contributed by atoms with E-state index in [0.717, 1.165) is 10.7 Å². The molecule has 2 aromatic heterocycles. The summed E-state index contributed by atoms with van der Waals surface area (Å²) in [6.07, 6.45) is 3.20. The molecule has 0 aliphatic rings. The third kappa shape index (κ3) is 2.22. The zero-order chi connectivity index (χ0) is 11.5. The molecule has 6 heteroatoms. The van der Waals surface area contributed by atoms with Crippen molar-refractivity contribution in [3.05, 3.63) is 36.0 Å². The van der Waals surface area contributed by atoms with Crippen molar-refractivity contribution in [2.45, 2.75) is 17.0 Å². The van der Waals surface area contributed by atoms with Crippen LogP contribution < -0.4 is 5.73 Å². The van der Waals surface area contributed by atoms with Crippen LogP contribution in [0.1, 0.15) is 11.5 Å². The van der Waals surface area contributed by atoms with Gasteiger partial charge in [0.2, 0.25) is 0 Å². The van der Waals surface area contributed by atoms with E-state index in [1.165, 1.54) is 11.8 Å². The van der Waals surface area contributed by atoms with E-state index in [0.29, 0.717) is 10.9 Å². The lowest BCUT2D eigenvalue weighted by Crippen LogP contribution is -2.13. The molecule has 0 aliphatic heterocycles. The average molecular weight is 234 g/mol. The summed E-state index contributed by atoms with van der Waals surface area (Å²) < 4.78 is 5.17. The molecule has 0 saturated heterocycles. The first-order valence-electron chi connectivity index (χ1n) is 4.56. The number of hydrogen-bond acceptors (Lipinski definition) is 5. The van der Waals surface area contributed by atoms with Crippen LogP contribution in [0.15, 0.2) is 39.1 Å². The van der Waals surface area contributed by atoms with Crippen molar-refractivity contribution in [2.24, 2.45) is 5.73 Å². The van der Waals surface area contributed by atoms with E-state index in [1.54, 1.807) is 18.5 Å². The highest BCUT2D eigenvalue weighted by atomic mass is 32.2. The molecule has 82 valence electrons. The van der Waals surface area contributed by atoms with Crippen molar-refractivity contribution in [1.82, 2.24) is 9.97 Å². The summed E-state index contributed by atoms with van der Waals surface area (Å²) >= 11 is 1.38. The molecule has 0 aromatic carbocycles. The van der Waals surface area contributed by atoms with Crippen LogP contribution in [-0.2, 0) is 0 Å². The fourth-order valence-electron chi connectivity index (χ4n) is 1.12. The molecule has 2 aromatic rings. The van der Waals surface area contributed by atoms with Gasteiger partial charge in [-0.25, -0.2) is 9.97 Å². The topological polar surface area (TPSA) is 88.8 Å². The van der Waals surface area contributed by atoms with Gasteiger partial charge in [-0.2, -0.15) is 0 Å². The van der Waals surface area contributed by atoms with E-state index in [9.17, 15) is 0 Å². The first kappa shape index (κ1) is 10.7. The predicted molar refractivity (Wildman–Crippen MR) is 60.6 cm³/mol. The molecule has 2 heterocycles. The minimum atomic E-state index is -0.0619. The first-order valence-corrected chi connectivity index (χ1v) is 5.38. The number of amidine groups is 1. The van der Waals surface area contributed by atoms with Crippen LogP contribution in [0.4, 0.5) is 0 Å². The number of aromatic nitrogens is 2. The maximum atomic E-state index is 7.28. The van der Waals surface area contributed by atoms with Crippen LogP contribution in [0.2, 0.25) is 0 Å². The second-order valence-electron chi connectivity index (χ2n) is 3.08. The molecule has 0 saturated carbocycles. The van der Waals surface area contributed by atoms with Crippen molar-refractivity contribution in [3.63, 3.8) is 0 Å². The number of nitrogens with one attached hydrogen (secondary N) is 1. The van der Waals surface area contributed by atoms with Crippen LogP contribution >= 0.6 is 11.8 Å². The molecule has 0 fully saturated rings. The Labute approximate surface area is 96.6 Å². The SMILES string of the molecule is Cc1occc1Sc1nccc(C(=N)N)n1. The molecule has 0 aliphatic carbocycles. The second kappa shape index (κ2) is 4.36. The monoisotopic (exact) mass is 234 g/mol. The number of nitrogens with zero attached hydrogens (tertiary/aromatic N) is 2. The minimum Gasteiger partial charge on any atom is -0.468 e. The van der Waals surface area contributed by atoms with Crippen molar-refractivity contribution >= 4 is 17.6 Å². The largest absolute Gasteiger partial charge is 0.468 e. The number of nitrogen functional groups attached to an aromatic ring is 1. The first-order chi connectivity index (χ1) is 7.66. The van der Waals surface area contributed by atoms with Gasteiger partial charge in [-0.05, 0) is 30.8 Å². The number of aryl methyl sites for hydroxylation is 1. The summed E-state index contributed by atoms with van der Waals surface area (Å²) in [5.41, 5.74) is 5.78. The molecule has 0 amide bonds. The number of nitrogens with two attached hydrogens (primary N) is 1. The highest BCUT2D eigenvalue weighted by Crippen LogP contribution is 2.27. The molecule has 16 heavy (non-hydrogen) atoms. The molecular formula is C10H10N4OS. The zero-order valence-corrected chi connectivity index (χ0v) is 9.41. The number of furan rings is 1. The lowest BCUT2D eigenvalue weighted by molar-refractivity contribution is 0.527. The number of rotatable bonds is 3. The van der Waals surface area contributed by atoms with E-state index in [1.807, 2.05) is 13.0 Å². The van der Waals surface area contributed by atoms with E-state index in [-0.39, 0.29) is 5.84 Å². The van der Waals surface area contributed by atoms with Gasteiger partial charge in [-0.1, -0.05) is 0 Å². The Kier molecular flexibility index (Phi) is 2.91. The molecule has 0 bridgehead atoms. The van der Waals surface area contributed by atoms with Gasteiger partial charge < -0.3 is 10.2 Å². The highest BCUT2D eigenvalue weighted by molar-refractivity contribution is 7.99. The molecule has 5 nitrogen and oxygen atoms in total. The van der Waals surface area contributed by atoms with Crippen molar-refractivity contribution in [3.8, 4) is 0 Å². The van der Waals surface area contributed by atoms with Gasteiger partial charge in [0, 0.05) is 6.20 Å². The Morgan fingerprint density at radius 2 is 2.31 bits per heavy atom. The Bertz CT molecular complexity index is 523. The molecule has 0 unspecified atom stereocenters. The van der Waals surface area contributed by atoms with Gasteiger partial charge in [-0.3, -0.25) is 5.41 Å². The third-order valence-corrected chi connectivity index (χ3v) is 2.94. The Morgan fingerprint density at radius 1 is 1.50 bits per heavy atom. The van der Waals surface area contributed by atoms with Gasteiger partial charge in [0.15, 0.2) is 5.16 Å². The van der Waals surface area contributed by atoms with Gasteiger partial charge >= 0.3 is 0 Å². The van der Waals surface area contributed by atoms with Crippen LogP contribution in [0, 0.1) is 12.3 Å². The third-order valence-electron chi connectivity index (χ3n) is 1.92. The Hall–Kier alpha value is -1.82. The zero-order valence-electron chi connectivity index (χ0n) is 8.60. The van der Waals surface area contributed by atoms with Crippen LogP contribution in [-0.4, -0.2) is 15.8 Å². The van der Waals surface area contributed by atoms with Gasteiger partial charge in [0.1, 0.15) is 17.3 Å². The summed E-state index contributed by atoms with van der Waals surface area (Å²) in [4.78, 5) is 9.20. The molecular weight excluding hydrogens is 224 g/mol. The van der Waals surface area contributed by atoms with Gasteiger partial charge in [-0.15, -0.1) is 0 Å². The normalized spacial score (nSPS) is 10.3. The Balaban J connectivity index is 2.25. The Morgan fingerprint density at radius 3 is 2.94 bits per heavy atom. The molecule has 0 atom stereocenters. The summed E-state index contributed by atoms with van der Waals surface area (Å²) in [7, 11) is 0. The maximum Gasteiger partial charge on any atom is 0.193 e. The van der Waals surface area contributed by atoms with Crippen LogP contribution in [0.25, 0.3) is 0 Å². The van der Waals surface area contributed by atoms with E-state index >= 15 is 0 Å². The fraction of sp³-hybridized carbons (Fsp3) is 0.100. The number of hydrogen-bond donors (Lipinski definition) is 2. The summed E-state index contributed by atoms with van der Waals surface area (Å²) in [6, 6.07) is 3.46. The lowest BCUT2D eigenvalue weighted by atomic mass is 10.4. The standard InChI is InChI=1S/C10H10N4OS/c1-6-8(3-5-15-6)16-10-13-4-2-7(14-10)9(11)12/h2-5H,1H3,(H3,11,12). The average Bonchev–Trinajstić information content (AvgIpc) is 2.65. The predicted octanol–water partition coefficient (Wildman–Crippen LogP) is 1.81. The van der Waals surface area contributed by atoms with Gasteiger partial charge in [0.05, 0.1) is 11.2 Å². The van der Waals surface area contributed by atoms with Crippen LogP contribution in [0.5, 0.6) is 0 Å². The van der Waals surface area contributed by atoms with Crippen molar-refractivity contribution < 1.29 is 4.42 Å². The fourth-order valence-corrected chi connectivity index (χ4v) is 1.89. The van der Waals surface area contributed by atoms with Crippen molar-refractivity contribution in [2.75, 3.05) is 0 Å². The summed E-state index contributed by atoms with van der Waals surface area (Å²) in [6.45, 7) is 1.87. The highest BCUT2D eigenvalue weighted by Gasteiger charge is 2.07. The lowest BCUT2D eigenvalue weighted by Gasteiger charge is -2.00. The van der Waals surface area contributed by atoms with E-state index in [4.69, 9.17) is 15.6 Å². The van der Waals surface area contributed by atoms with Crippen molar-refractivity contribution in [1.29, 1.82) is 5.41 Å². The van der Waals surface area contributed by atoms with Crippen LogP contribution in [0.3, 0.4) is 0 Å². The summed E-state index contributed by atoms with van der Waals surface area (Å²) in [5, 5.41) is 7.84. The summed E-state index contributed by atoms with van der Waals surface area (Å²) in [5.74, 6) is 0.759. The quantitative estimate of drug-likeness (QED) is 0.480. The maximum absolute atomic E-state index is 7.28. The second-order valence-corrected chi connectivity index (χ2v) is 4.09. The molecule has 3 N–H and O–H groups in total. The minimum absolute atomic E-state index is 0.0619. The molecule has 0 spiro atoms. The van der Waals surface area contributed by atoms with Gasteiger partial charge in [0.25, 0.3) is 0 Å². The molecule has 0 radical (unpaired) electrons. The van der Waals surface area contributed by atoms with E-state index < -0.39 is 0 Å². The smallest absolute Gasteiger partial charge is 0.193 e. The van der Waals surface area contributed by atoms with E-state index in [2.05, 4.69) is 9.97 Å².